The third-order valence-corrected chi connectivity index (χ3v) is 3.43. The molecule has 0 spiro atoms. The zero-order valence-electron chi connectivity index (χ0n) is 12.3. The lowest BCUT2D eigenvalue weighted by Crippen LogP contribution is -2.46. The van der Waals surface area contributed by atoms with Gasteiger partial charge in [-0.3, -0.25) is 0 Å². The molecule has 2 unspecified atom stereocenters. The van der Waals surface area contributed by atoms with Crippen LogP contribution in [0.2, 0.25) is 0 Å². The van der Waals surface area contributed by atoms with Gasteiger partial charge < -0.3 is 25.5 Å². The summed E-state index contributed by atoms with van der Waals surface area (Å²) in [5.74, 6) is 0.0992. The number of nitrogens with zero attached hydrogens (tertiary/aromatic N) is 1. The first-order valence-electron chi connectivity index (χ1n) is 7.17. The summed E-state index contributed by atoms with van der Waals surface area (Å²) in [5.41, 5.74) is 1.76. The lowest BCUT2D eigenvalue weighted by atomic mass is 10.0. The molecule has 0 saturated carbocycles. The Hall–Kier alpha value is -1.18. The molecule has 120 valence electrons. The molecule has 0 heterocycles. The number of hydrogen-bond donors (Lipinski definition) is 5. The van der Waals surface area contributed by atoms with Gasteiger partial charge in [-0.25, -0.2) is 4.90 Å². The number of benzene rings is 1. The van der Waals surface area contributed by atoms with Crippen LogP contribution in [0.1, 0.15) is 30.9 Å². The van der Waals surface area contributed by atoms with E-state index in [-0.39, 0.29) is 12.3 Å². The van der Waals surface area contributed by atoms with E-state index in [1.165, 1.54) is 4.90 Å². The predicted molar refractivity (Wildman–Crippen MR) is 78.4 cm³/mol. The second kappa shape index (κ2) is 8.96. The van der Waals surface area contributed by atoms with E-state index < -0.39 is 25.7 Å². The molecule has 6 nitrogen and oxygen atoms in total. The molecule has 21 heavy (non-hydrogen) atoms. The Balaban J connectivity index is 2.98. The Labute approximate surface area is 124 Å². The third-order valence-electron chi connectivity index (χ3n) is 3.43. The van der Waals surface area contributed by atoms with Crippen molar-refractivity contribution in [3.05, 3.63) is 29.3 Å². The Morgan fingerprint density at radius 1 is 1.05 bits per heavy atom. The van der Waals surface area contributed by atoms with Crippen LogP contribution in [0.5, 0.6) is 5.75 Å². The number of rotatable bonds is 9. The topological polar surface area (TPSA) is 104 Å². The second-order valence-corrected chi connectivity index (χ2v) is 5.06. The van der Waals surface area contributed by atoms with Crippen molar-refractivity contribution in [3.8, 4) is 5.75 Å². The molecule has 0 aromatic heterocycles. The first-order valence-corrected chi connectivity index (χ1v) is 7.17. The van der Waals surface area contributed by atoms with Crippen LogP contribution in [0.3, 0.4) is 0 Å². The monoisotopic (exact) mass is 299 g/mol. The van der Waals surface area contributed by atoms with E-state index in [1.807, 2.05) is 6.07 Å². The summed E-state index contributed by atoms with van der Waals surface area (Å²) in [4.78, 5) is 1.18. The van der Waals surface area contributed by atoms with Crippen LogP contribution in [-0.4, -0.2) is 56.1 Å². The number of phenolic OH excluding ortho intramolecular Hbond substituents is 1. The Bertz CT molecular complexity index is 417. The molecule has 6 heteroatoms. The van der Waals surface area contributed by atoms with Crippen LogP contribution >= 0.6 is 0 Å². The van der Waals surface area contributed by atoms with Gasteiger partial charge in [-0.15, -0.1) is 0 Å². The average molecular weight is 299 g/mol. The molecule has 0 aliphatic rings. The van der Waals surface area contributed by atoms with Crippen molar-refractivity contribution in [2.75, 3.05) is 13.2 Å². The summed E-state index contributed by atoms with van der Waals surface area (Å²) in [7, 11) is 0. The summed E-state index contributed by atoms with van der Waals surface area (Å²) in [6, 6.07) is 4.99. The molecule has 1 rings (SSSR count). The molecule has 1 aromatic rings. The Morgan fingerprint density at radius 2 is 1.67 bits per heavy atom. The van der Waals surface area contributed by atoms with E-state index >= 15 is 0 Å². The standard InChI is InChI=1S/C15H25NO5/c1-2-3-4-11-5-6-13(19)7-12(11)8-16(14(20)9-17)15(21)10-18/h5-7,14-15,17-21H,2-4,8-10H2,1H3. The van der Waals surface area contributed by atoms with Crippen molar-refractivity contribution in [1.29, 1.82) is 0 Å². The number of phenols is 1. The summed E-state index contributed by atoms with van der Waals surface area (Å²) < 4.78 is 0. The predicted octanol–water partition coefficient (Wildman–Crippen LogP) is 0.158. The number of aliphatic hydroxyl groups is 4. The minimum absolute atomic E-state index is 0.0992. The van der Waals surface area contributed by atoms with Crippen LogP contribution in [-0.2, 0) is 13.0 Å². The van der Waals surface area contributed by atoms with E-state index in [4.69, 9.17) is 10.2 Å². The molecule has 0 aliphatic heterocycles. The lowest BCUT2D eigenvalue weighted by molar-refractivity contribution is -0.138. The number of aliphatic hydroxyl groups excluding tert-OH is 4. The van der Waals surface area contributed by atoms with Crippen LogP contribution < -0.4 is 0 Å². The van der Waals surface area contributed by atoms with E-state index in [0.717, 1.165) is 30.4 Å². The second-order valence-electron chi connectivity index (χ2n) is 5.06. The maximum atomic E-state index is 9.76. The highest BCUT2D eigenvalue weighted by atomic mass is 16.4. The Kier molecular flexibility index (Phi) is 7.63. The van der Waals surface area contributed by atoms with Crippen LogP contribution in [0.15, 0.2) is 18.2 Å². The molecular formula is C15H25NO5. The summed E-state index contributed by atoms with van der Waals surface area (Å²) in [5, 5.41) is 47.3. The van der Waals surface area contributed by atoms with E-state index in [0.29, 0.717) is 0 Å². The minimum atomic E-state index is -1.28. The quantitative estimate of drug-likeness (QED) is 0.416. The van der Waals surface area contributed by atoms with Gasteiger partial charge in [0.15, 0.2) is 0 Å². The van der Waals surface area contributed by atoms with E-state index in [2.05, 4.69) is 6.92 Å². The van der Waals surface area contributed by atoms with Gasteiger partial charge in [0.1, 0.15) is 18.2 Å². The number of aromatic hydroxyl groups is 1. The van der Waals surface area contributed by atoms with Gasteiger partial charge in [0.25, 0.3) is 0 Å². The molecule has 1 aromatic carbocycles. The summed E-state index contributed by atoms with van der Waals surface area (Å²) in [6.45, 7) is 1.09. The van der Waals surface area contributed by atoms with Gasteiger partial charge in [0, 0.05) is 6.54 Å². The Morgan fingerprint density at radius 3 is 2.19 bits per heavy atom. The largest absolute Gasteiger partial charge is 0.508 e. The van der Waals surface area contributed by atoms with Crippen molar-refractivity contribution >= 4 is 0 Å². The first kappa shape index (κ1) is 17.9. The maximum Gasteiger partial charge on any atom is 0.133 e. The fourth-order valence-electron chi connectivity index (χ4n) is 2.19. The number of hydrogen-bond acceptors (Lipinski definition) is 6. The number of aryl methyl sites for hydroxylation is 1. The molecule has 0 radical (unpaired) electrons. The van der Waals surface area contributed by atoms with Gasteiger partial charge in [-0.05, 0) is 36.1 Å². The fraction of sp³-hybridized carbons (Fsp3) is 0.600. The highest BCUT2D eigenvalue weighted by Gasteiger charge is 2.23. The molecule has 0 bridgehead atoms. The van der Waals surface area contributed by atoms with Crippen molar-refractivity contribution in [3.63, 3.8) is 0 Å². The minimum Gasteiger partial charge on any atom is -0.508 e. The van der Waals surface area contributed by atoms with Crippen molar-refractivity contribution in [2.24, 2.45) is 0 Å². The van der Waals surface area contributed by atoms with Gasteiger partial charge in [0.05, 0.1) is 13.2 Å². The maximum absolute atomic E-state index is 9.76. The molecular weight excluding hydrogens is 274 g/mol. The molecule has 0 fully saturated rings. The zero-order chi connectivity index (χ0) is 15.8. The van der Waals surface area contributed by atoms with Gasteiger partial charge in [-0.1, -0.05) is 19.4 Å². The summed E-state index contributed by atoms with van der Waals surface area (Å²) in [6.07, 6.45) is 0.276. The normalized spacial score (nSPS) is 14.4. The fourth-order valence-corrected chi connectivity index (χ4v) is 2.19. The lowest BCUT2D eigenvalue weighted by Gasteiger charge is -2.31. The van der Waals surface area contributed by atoms with Gasteiger partial charge in [0.2, 0.25) is 0 Å². The highest BCUT2D eigenvalue weighted by molar-refractivity contribution is 5.35. The third kappa shape index (κ3) is 5.26. The zero-order valence-corrected chi connectivity index (χ0v) is 12.3. The molecule has 0 saturated heterocycles. The first-order chi connectivity index (χ1) is 10.0. The molecule has 2 atom stereocenters. The van der Waals surface area contributed by atoms with Crippen molar-refractivity contribution in [1.82, 2.24) is 4.90 Å². The molecule has 0 amide bonds. The van der Waals surface area contributed by atoms with E-state index in [9.17, 15) is 15.3 Å². The molecule has 0 aliphatic carbocycles. The van der Waals surface area contributed by atoms with Crippen LogP contribution in [0.4, 0.5) is 0 Å². The van der Waals surface area contributed by atoms with Crippen molar-refractivity contribution in [2.45, 2.75) is 45.2 Å². The van der Waals surface area contributed by atoms with Gasteiger partial charge >= 0.3 is 0 Å². The molecule has 5 N–H and O–H groups in total. The van der Waals surface area contributed by atoms with Crippen LogP contribution in [0.25, 0.3) is 0 Å². The number of unbranched alkanes of at least 4 members (excludes halogenated alkanes) is 1. The van der Waals surface area contributed by atoms with Crippen molar-refractivity contribution < 1.29 is 25.5 Å². The average Bonchev–Trinajstić information content (AvgIpc) is 2.50. The summed E-state index contributed by atoms with van der Waals surface area (Å²) >= 11 is 0. The van der Waals surface area contributed by atoms with Gasteiger partial charge in [-0.2, -0.15) is 0 Å². The smallest absolute Gasteiger partial charge is 0.133 e. The SMILES string of the molecule is CCCCc1ccc(O)cc1CN(C(O)CO)C(O)CO. The highest BCUT2D eigenvalue weighted by Crippen LogP contribution is 2.21. The van der Waals surface area contributed by atoms with Crippen LogP contribution in [0, 0.1) is 0 Å². The van der Waals surface area contributed by atoms with E-state index in [1.54, 1.807) is 12.1 Å².